The number of carbonyl (C=O) groups excluding carboxylic acids is 1. The third kappa shape index (κ3) is 3.98. The molecule has 1 amide bonds. The third-order valence-electron chi connectivity index (χ3n) is 3.89. The van der Waals surface area contributed by atoms with Crippen LogP contribution >= 0.6 is 0 Å². The first-order valence-electron chi connectivity index (χ1n) is 7.77. The maximum atomic E-state index is 12.3. The molecule has 0 saturated heterocycles. The fourth-order valence-electron chi connectivity index (χ4n) is 2.60. The number of hydrogen-bond donors (Lipinski definition) is 2. The first-order chi connectivity index (χ1) is 10.6. The summed E-state index contributed by atoms with van der Waals surface area (Å²) in [6.07, 6.45) is 0.936. The number of aryl methyl sites for hydroxylation is 1. The van der Waals surface area contributed by atoms with Crippen molar-refractivity contribution in [1.29, 1.82) is 0 Å². The molecule has 2 N–H and O–H groups in total. The van der Waals surface area contributed by atoms with Gasteiger partial charge in [0.25, 0.3) is 5.91 Å². The summed E-state index contributed by atoms with van der Waals surface area (Å²) in [5.74, 6) is 0.0171. The molecule has 1 aromatic carbocycles. The Kier molecular flexibility index (Phi) is 5.78. The standard InChI is InChI=1S/C18H25N3O/c1-14-12-17(18(22)20-11-7-10-19-3)15(2)21(14)13-16-8-5-4-6-9-16/h4-6,8-9,12,19H,7,10-11,13H2,1-3H3,(H,20,22). The van der Waals surface area contributed by atoms with E-state index in [1.165, 1.54) is 5.56 Å². The van der Waals surface area contributed by atoms with Gasteiger partial charge in [0.15, 0.2) is 0 Å². The number of benzene rings is 1. The first-order valence-corrected chi connectivity index (χ1v) is 7.77. The van der Waals surface area contributed by atoms with E-state index >= 15 is 0 Å². The van der Waals surface area contributed by atoms with E-state index in [1.54, 1.807) is 0 Å². The quantitative estimate of drug-likeness (QED) is 0.772. The van der Waals surface area contributed by atoms with E-state index in [1.807, 2.05) is 45.2 Å². The van der Waals surface area contributed by atoms with Crippen molar-refractivity contribution >= 4 is 5.91 Å². The highest BCUT2D eigenvalue weighted by Crippen LogP contribution is 2.17. The van der Waals surface area contributed by atoms with E-state index in [2.05, 4.69) is 27.3 Å². The minimum Gasteiger partial charge on any atom is -0.352 e. The van der Waals surface area contributed by atoms with Gasteiger partial charge in [0.05, 0.1) is 5.56 Å². The molecule has 0 aliphatic heterocycles. The van der Waals surface area contributed by atoms with E-state index < -0.39 is 0 Å². The number of carbonyl (C=O) groups is 1. The van der Waals surface area contributed by atoms with Gasteiger partial charge in [0, 0.05) is 24.5 Å². The van der Waals surface area contributed by atoms with Crippen molar-refractivity contribution in [3.8, 4) is 0 Å². The molecule has 0 bridgehead atoms. The van der Waals surface area contributed by atoms with Crippen molar-refractivity contribution < 1.29 is 4.79 Å². The summed E-state index contributed by atoms with van der Waals surface area (Å²) < 4.78 is 2.19. The second-order valence-electron chi connectivity index (χ2n) is 5.57. The second kappa shape index (κ2) is 7.80. The van der Waals surface area contributed by atoms with Crippen LogP contribution in [0.4, 0.5) is 0 Å². The number of rotatable bonds is 7. The maximum absolute atomic E-state index is 12.3. The Hall–Kier alpha value is -2.07. The Morgan fingerprint density at radius 3 is 2.55 bits per heavy atom. The summed E-state index contributed by atoms with van der Waals surface area (Å²) in [5.41, 5.74) is 4.15. The Labute approximate surface area is 132 Å². The minimum atomic E-state index is 0.0171. The maximum Gasteiger partial charge on any atom is 0.253 e. The average molecular weight is 299 g/mol. The van der Waals surface area contributed by atoms with Crippen LogP contribution < -0.4 is 10.6 Å². The van der Waals surface area contributed by atoms with E-state index in [9.17, 15) is 4.79 Å². The van der Waals surface area contributed by atoms with Gasteiger partial charge in [-0.3, -0.25) is 4.79 Å². The number of nitrogens with one attached hydrogen (secondary N) is 2. The second-order valence-corrected chi connectivity index (χ2v) is 5.57. The van der Waals surface area contributed by atoms with Gasteiger partial charge in [-0.15, -0.1) is 0 Å². The predicted molar refractivity (Wildman–Crippen MR) is 90.3 cm³/mol. The molecule has 0 aliphatic rings. The smallest absolute Gasteiger partial charge is 0.253 e. The van der Waals surface area contributed by atoms with E-state index in [4.69, 9.17) is 0 Å². The SMILES string of the molecule is CNCCCNC(=O)c1cc(C)n(Cc2ccccc2)c1C. The van der Waals surface area contributed by atoms with Gasteiger partial charge in [-0.1, -0.05) is 30.3 Å². The molecular formula is C18H25N3O. The van der Waals surface area contributed by atoms with Crippen LogP contribution in [0.15, 0.2) is 36.4 Å². The van der Waals surface area contributed by atoms with Crippen LogP contribution in [0.1, 0.15) is 33.7 Å². The van der Waals surface area contributed by atoms with E-state index in [0.29, 0.717) is 6.54 Å². The van der Waals surface area contributed by atoms with Crippen molar-refractivity contribution in [3.05, 3.63) is 58.9 Å². The zero-order chi connectivity index (χ0) is 15.9. The lowest BCUT2D eigenvalue weighted by Crippen LogP contribution is -2.27. The number of aromatic nitrogens is 1. The number of nitrogens with zero attached hydrogens (tertiary/aromatic N) is 1. The fraction of sp³-hybridized carbons (Fsp3) is 0.389. The topological polar surface area (TPSA) is 46.1 Å². The van der Waals surface area contributed by atoms with Crippen molar-refractivity contribution in [2.75, 3.05) is 20.1 Å². The van der Waals surface area contributed by atoms with Crippen molar-refractivity contribution in [1.82, 2.24) is 15.2 Å². The Balaban J connectivity index is 2.08. The molecule has 0 spiro atoms. The highest BCUT2D eigenvalue weighted by Gasteiger charge is 2.15. The molecular weight excluding hydrogens is 274 g/mol. The summed E-state index contributed by atoms with van der Waals surface area (Å²) in [6.45, 7) is 6.47. The van der Waals surface area contributed by atoms with Crippen molar-refractivity contribution in [3.63, 3.8) is 0 Å². The molecule has 0 unspecified atom stereocenters. The van der Waals surface area contributed by atoms with Gasteiger partial charge in [-0.2, -0.15) is 0 Å². The third-order valence-corrected chi connectivity index (χ3v) is 3.89. The summed E-state index contributed by atoms with van der Waals surface area (Å²) in [4.78, 5) is 12.3. The molecule has 22 heavy (non-hydrogen) atoms. The normalized spacial score (nSPS) is 10.7. The molecule has 4 heteroatoms. The lowest BCUT2D eigenvalue weighted by molar-refractivity contribution is 0.0952. The van der Waals surface area contributed by atoms with Crippen molar-refractivity contribution in [2.24, 2.45) is 0 Å². The molecule has 1 heterocycles. The zero-order valence-electron chi connectivity index (χ0n) is 13.6. The van der Waals surface area contributed by atoms with Crippen LogP contribution in [0.3, 0.4) is 0 Å². The molecule has 118 valence electrons. The van der Waals surface area contributed by atoms with Gasteiger partial charge in [-0.25, -0.2) is 0 Å². The molecule has 0 radical (unpaired) electrons. The largest absolute Gasteiger partial charge is 0.352 e. The number of amides is 1. The molecule has 4 nitrogen and oxygen atoms in total. The average Bonchev–Trinajstić information content (AvgIpc) is 2.81. The van der Waals surface area contributed by atoms with Crippen LogP contribution in [0, 0.1) is 13.8 Å². The first kappa shape index (κ1) is 16.3. The lowest BCUT2D eigenvalue weighted by atomic mass is 10.2. The van der Waals surface area contributed by atoms with Gasteiger partial charge in [0.2, 0.25) is 0 Å². The number of hydrogen-bond acceptors (Lipinski definition) is 2. The van der Waals surface area contributed by atoms with Crippen LogP contribution in [-0.2, 0) is 6.54 Å². The molecule has 2 aromatic rings. The molecule has 1 aromatic heterocycles. The highest BCUT2D eigenvalue weighted by atomic mass is 16.1. The summed E-state index contributed by atoms with van der Waals surface area (Å²) in [5, 5.41) is 6.06. The predicted octanol–water partition coefficient (Wildman–Crippen LogP) is 2.49. The fourth-order valence-corrected chi connectivity index (χ4v) is 2.60. The van der Waals surface area contributed by atoms with E-state index in [-0.39, 0.29) is 5.91 Å². The van der Waals surface area contributed by atoms with Crippen LogP contribution in [-0.4, -0.2) is 30.6 Å². The molecule has 2 rings (SSSR count). The lowest BCUT2D eigenvalue weighted by Gasteiger charge is -2.10. The molecule has 0 fully saturated rings. The Bertz CT molecular complexity index is 617. The highest BCUT2D eigenvalue weighted by molar-refractivity contribution is 5.95. The molecule has 0 saturated carbocycles. The summed E-state index contributed by atoms with van der Waals surface area (Å²) in [6, 6.07) is 12.3. The van der Waals surface area contributed by atoms with Crippen LogP contribution in [0.2, 0.25) is 0 Å². The minimum absolute atomic E-state index is 0.0171. The van der Waals surface area contributed by atoms with Crippen LogP contribution in [0.5, 0.6) is 0 Å². The Morgan fingerprint density at radius 2 is 1.86 bits per heavy atom. The van der Waals surface area contributed by atoms with Gasteiger partial charge < -0.3 is 15.2 Å². The monoisotopic (exact) mass is 299 g/mol. The summed E-state index contributed by atoms with van der Waals surface area (Å²) >= 11 is 0. The Morgan fingerprint density at radius 1 is 1.14 bits per heavy atom. The molecule has 0 atom stereocenters. The molecule has 0 aliphatic carbocycles. The van der Waals surface area contributed by atoms with E-state index in [0.717, 1.165) is 36.5 Å². The van der Waals surface area contributed by atoms with Crippen LogP contribution in [0.25, 0.3) is 0 Å². The van der Waals surface area contributed by atoms with Gasteiger partial charge in [-0.05, 0) is 45.5 Å². The van der Waals surface area contributed by atoms with Gasteiger partial charge in [0.1, 0.15) is 0 Å². The zero-order valence-corrected chi connectivity index (χ0v) is 13.6. The van der Waals surface area contributed by atoms with Gasteiger partial charge >= 0.3 is 0 Å². The van der Waals surface area contributed by atoms with Crippen molar-refractivity contribution in [2.45, 2.75) is 26.8 Å². The summed E-state index contributed by atoms with van der Waals surface area (Å²) in [7, 11) is 1.92.